The zero-order valence-electron chi connectivity index (χ0n) is 11.7. The van der Waals surface area contributed by atoms with Crippen molar-refractivity contribution in [1.82, 2.24) is 4.98 Å². The number of aromatic nitrogens is 1. The minimum absolute atomic E-state index is 0.0719. The fraction of sp³-hybridized carbons (Fsp3) is 0.200. The number of amides is 1. The summed E-state index contributed by atoms with van der Waals surface area (Å²) in [6.45, 7) is 3.65. The van der Waals surface area contributed by atoms with Gasteiger partial charge in [-0.1, -0.05) is 43.1 Å². The lowest BCUT2D eigenvalue weighted by Crippen LogP contribution is -2.18. The maximum atomic E-state index is 11.6. The zero-order valence-corrected chi connectivity index (χ0v) is 13.2. The van der Waals surface area contributed by atoms with Crippen molar-refractivity contribution in [2.45, 2.75) is 13.8 Å². The second-order valence-corrected chi connectivity index (χ2v) is 5.61. The molecule has 0 aliphatic heterocycles. The Kier molecular flexibility index (Phi) is 5.04. The van der Waals surface area contributed by atoms with Crippen molar-refractivity contribution in [2.75, 3.05) is 10.6 Å². The molecule has 110 valence electrons. The van der Waals surface area contributed by atoms with Gasteiger partial charge in [-0.05, 0) is 24.3 Å². The fourth-order valence-electron chi connectivity index (χ4n) is 1.57. The molecule has 4 nitrogen and oxygen atoms in total. The number of pyridine rings is 1. The Hall–Kier alpha value is -1.78. The molecule has 0 radical (unpaired) electrons. The van der Waals surface area contributed by atoms with Gasteiger partial charge in [0.25, 0.3) is 0 Å². The maximum absolute atomic E-state index is 11.6. The van der Waals surface area contributed by atoms with E-state index in [-0.39, 0.29) is 11.8 Å². The summed E-state index contributed by atoms with van der Waals surface area (Å²) in [5, 5.41) is 6.88. The summed E-state index contributed by atoms with van der Waals surface area (Å²) in [6.07, 6.45) is 1.61. The van der Waals surface area contributed by atoms with Crippen LogP contribution in [0.4, 0.5) is 17.2 Å². The Labute approximate surface area is 133 Å². The molecule has 0 bridgehead atoms. The lowest BCUT2D eigenvalue weighted by molar-refractivity contribution is -0.118. The smallest absolute Gasteiger partial charge is 0.228 e. The van der Waals surface area contributed by atoms with Crippen molar-refractivity contribution in [1.29, 1.82) is 0 Å². The molecule has 1 aromatic heterocycles. The molecule has 1 aromatic carbocycles. The van der Waals surface area contributed by atoms with Gasteiger partial charge in [0.2, 0.25) is 5.91 Å². The molecule has 6 heteroatoms. The highest BCUT2D eigenvalue weighted by Gasteiger charge is 2.09. The van der Waals surface area contributed by atoms with E-state index in [1.807, 2.05) is 13.8 Å². The zero-order chi connectivity index (χ0) is 15.4. The van der Waals surface area contributed by atoms with Crippen LogP contribution in [0.15, 0.2) is 36.5 Å². The first-order valence-corrected chi connectivity index (χ1v) is 7.21. The normalized spacial score (nSPS) is 10.5. The summed E-state index contributed by atoms with van der Waals surface area (Å²) in [5.74, 6) is 0.341. The van der Waals surface area contributed by atoms with Crippen LogP contribution in [0.5, 0.6) is 0 Å². The van der Waals surface area contributed by atoms with Crippen LogP contribution >= 0.6 is 23.2 Å². The van der Waals surface area contributed by atoms with Gasteiger partial charge in [0, 0.05) is 5.92 Å². The first kappa shape index (κ1) is 15.6. The minimum atomic E-state index is -0.0912. The Morgan fingerprint density at radius 3 is 2.33 bits per heavy atom. The third kappa shape index (κ3) is 4.09. The van der Waals surface area contributed by atoms with Gasteiger partial charge >= 0.3 is 0 Å². The Morgan fingerprint density at radius 1 is 1.14 bits per heavy atom. The lowest BCUT2D eigenvalue weighted by atomic mass is 10.2. The van der Waals surface area contributed by atoms with Crippen LogP contribution in [0.3, 0.4) is 0 Å². The van der Waals surface area contributed by atoms with Gasteiger partial charge in [0.1, 0.15) is 5.82 Å². The average Bonchev–Trinajstić information content (AvgIpc) is 2.44. The second kappa shape index (κ2) is 6.78. The summed E-state index contributed by atoms with van der Waals surface area (Å²) in [5.41, 5.74) is 1.36. The minimum Gasteiger partial charge on any atom is -0.352 e. The number of anilines is 3. The van der Waals surface area contributed by atoms with Crippen LogP contribution in [-0.2, 0) is 4.79 Å². The molecular weight excluding hydrogens is 309 g/mol. The SMILES string of the molecule is CC(C)C(=O)Nc1ccc(Nc2c(Cl)cccc2Cl)cn1. The Balaban J connectivity index is 2.11. The Bertz CT molecular complexity index is 622. The van der Waals surface area contributed by atoms with Gasteiger partial charge in [-0.15, -0.1) is 0 Å². The van der Waals surface area contributed by atoms with Crippen LogP contribution in [0.2, 0.25) is 10.0 Å². The number of rotatable bonds is 4. The number of carbonyl (C=O) groups is 1. The molecule has 21 heavy (non-hydrogen) atoms. The molecular formula is C15H15Cl2N3O. The molecule has 0 aliphatic rings. The van der Waals surface area contributed by atoms with Crippen LogP contribution in [0, 0.1) is 5.92 Å². The van der Waals surface area contributed by atoms with E-state index in [2.05, 4.69) is 15.6 Å². The monoisotopic (exact) mass is 323 g/mol. The molecule has 1 amide bonds. The van der Waals surface area contributed by atoms with Crippen LogP contribution in [-0.4, -0.2) is 10.9 Å². The number of carbonyl (C=O) groups excluding carboxylic acids is 1. The molecule has 2 N–H and O–H groups in total. The van der Waals surface area contributed by atoms with Gasteiger partial charge < -0.3 is 10.6 Å². The van der Waals surface area contributed by atoms with E-state index in [0.717, 1.165) is 5.69 Å². The van der Waals surface area contributed by atoms with Gasteiger partial charge in [0.15, 0.2) is 0 Å². The standard InChI is InChI=1S/C15H15Cl2N3O/c1-9(2)15(21)20-13-7-6-10(8-18-13)19-14-11(16)4-3-5-12(14)17/h3-9,19H,1-2H3,(H,18,20,21). The quantitative estimate of drug-likeness (QED) is 0.855. The summed E-state index contributed by atoms with van der Waals surface area (Å²) < 4.78 is 0. The predicted molar refractivity (Wildman–Crippen MR) is 87.4 cm³/mol. The van der Waals surface area contributed by atoms with Crippen molar-refractivity contribution < 1.29 is 4.79 Å². The van der Waals surface area contributed by atoms with E-state index in [4.69, 9.17) is 23.2 Å². The van der Waals surface area contributed by atoms with Crippen molar-refractivity contribution >= 4 is 46.3 Å². The molecule has 0 fully saturated rings. The highest BCUT2D eigenvalue weighted by Crippen LogP contribution is 2.32. The predicted octanol–water partition coefficient (Wildman–Crippen LogP) is 4.73. The lowest BCUT2D eigenvalue weighted by Gasteiger charge is -2.11. The molecule has 0 aliphatic carbocycles. The second-order valence-electron chi connectivity index (χ2n) is 4.80. The molecule has 0 saturated heterocycles. The van der Waals surface area contributed by atoms with E-state index in [1.165, 1.54) is 0 Å². The van der Waals surface area contributed by atoms with Gasteiger partial charge in [-0.3, -0.25) is 4.79 Å². The van der Waals surface area contributed by atoms with E-state index in [1.54, 1.807) is 36.5 Å². The topological polar surface area (TPSA) is 54.0 Å². The molecule has 2 rings (SSSR count). The first-order valence-electron chi connectivity index (χ1n) is 6.45. The largest absolute Gasteiger partial charge is 0.352 e. The number of halogens is 2. The van der Waals surface area contributed by atoms with Crippen LogP contribution < -0.4 is 10.6 Å². The van der Waals surface area contributed by atoms with E-state index >= 15 is 0 Å². The number of hydrogen-bond donors (Lipinski definition) is 2. The summed E-state index contributed by atoms with van der Waals surface area (Å²) >= 11 is 12.2. The van der Waals surface area contributed by atoms with Crippen molar-refractivity contribution in [3.05, 3.63) is 46.6 Å². The molecule has 0 saturated carbocycles. The molecule has 0 spiro atoms. The van der Waals surface area contributed by atoms with Gasteiger partial charge in [0.05, 0.1) is 27.6 Å². The summed E-state index contributed by atoms with van der Waals surface area (Å²) in [7, 11) is 0. The molecule has 0 atom stereocenters. The molecule has 1 heterocycles. The number of hydrogen-bond acceptors (Lipinski definition) is 3. The van der Waals surface area contributed by atoms with Gasteiger partial charge in [-0.2, -0.15) is 0 Å². The Morgan fingerprint density at radius 2 is 1.81 bits per heavy atom. The fourth-order valence-corrected chi connectivity index (χ4v) is 2.07. The highest BCUT2D eigenvalue weighted by molar-refractivity contribution is 6.39. The highest BCUT2D eigenvalue weighted by atomic mass is 35.5. The number of nitrogens with zero attached hydrogens (tertiary/aromatic N) is 1. The summed E-state index contributed by atoms with van der Waals surface area (Å²) in [6, 6.07) is 8.79. The number of para-hydroxylation sites is 1. The number of nitrogens with one attached hydrogen (secondary N) is 2. The third-order valence-corrected chi connectivity index (χ3v) is 3.40. The van der Waals surface area contributed by atoms with Crippen LogP contribution in [0.25, 0.3) is 0 Å². The van der Waals surface area contributed by atoms with E-state index in [0.29, 0.717) is 21.6 Å². The van der Waals surface area contributed by atoms with Crippen molar-refractivity contribution in [3.8, 4) is 0 Å². The maximum Gasteiger partial charge on any atom is 0.228 e. The summed E-state index contributed by atoms with van der Waals surface area (Å²) in [4.78, 5) is 15.8. The first-order chi connectivity index (χ1) is 9.97. The molecule has 0 unspecified atom stereocenters. The van der Waals surface area contributed by atoms with Gasteiger partial charge in [-0.25, -0.2) is 4.98 Å². The van der Waals surface area contributed by atoms with Crippen molar-refractivity contribution in [2.24, 2.45) is 5.92 Å². The third-order valence-electron chi connectivity index (χ3n) is 2.77. The number of benzene rings is 1. The molecule has 2 aromatic rings. The van der Waals surface area contributed by atoms with E-state index < -0.39 is 0 Å². The van der Waals surface area contributed by atoms with E-state index in [9.17, 15) is 4.79 Å². The van der Waals surface area contributed by atoms with Crippen molar-refractivity contribution in [3.63, 3.8) is 0 Å². The average molecular weight is 324 g/mol. The van der Waals surface area contributed by atoms with Crippen LogP contribution in [0.1, 0.15) is 13.8 Å².